The molecular formula is C12H15NO5. The summed E-state index contributed by atoms with van der Waals surface area (Å²) in [6.45, 7) is 1.59. The van der Waals surface area contributed by atoms with E-state index in [9.17, 15) is 9.59 Å². The molecule has 1 rings (SSSR count). The molecule has 1 unspecified atom stereocenters. The summed E-state index contributed by atoms with van der Waals surface area (Å²) in [7, 11) is 0. The number of hydrogen-bond donors (Lipinski definition) is 3. The van der Waals surface area contributed by atoms with Gasteiger partial charge in [-0.05, 0) is 24.6 Å². The van der Waals surface area contributed by atoms with E-state index in [0.717, 1.165) is 5.56 Å². The van der Waals surface area contributed by atoms with Crippen molar-refractivity contribution >= 4 is 11.9 Å². The van der Waals surface area contributed by atoms with Crippen LogP contribution in [0.25, 0.3) is 0 Å². The van der Waals surface area contributed by atoms with Gasteiger partial charge >= 0.3 is 11.9 Å². The van der Waals surface area contributed by atoms with Crippen molar-refractivity contribution < 1.29 is 24.5 Å². The summed E-state index contributed by atoms with van der Waals surface area (Å²) in [5.41, 5.74) is 4.51. The number of aliphatic carboxylic acids is 2. The third-order valence-electron chi connectivity index (χ3n) is 2.44. The summed E-state index contributed by atoms with van der Waals surface area (Å²) >= 11 is 0. The van der Waals surface area contributed by atoms with E-state index < -0.39 is 24.0 Å². The fraction of sp³-hybridized carbons (Fsp3) is 0.333. The van der Waals surface area contributed by atoms with Crippen molar-refractivity contribution in [2.45, 2.75) is 25.5 Å². The number of hydrogen-bond acceptors (Lipinski definition) is 4. The Morgan fingerprint density at radius 1 is 1.28 bits per heavy atom. The first-order valence-electron chi connectivity index (χ1n) is 5.30. The number of ether oxygens (including phenoxy) is 1. The van der Waals surface area contributed by atoms with Crippen LogP contribution in [0.2, 0.25) is 0 Å². The van der Waals surface area contributed by atoms with Crippen molar-refractivity contribution in [3.05, 3.63) is 29.8 Å². The number of carboxylic acid groups (broad SMARTS) is 2. The molecule has 0 fully saturated rings. The molecule has 1 aromatic carbocycles. The molecule has 0 aliphatic rings. The average Bonchev–Trinajstić information content (AvgIpc) is 2.28. The van der Waals surface area contributed by atoms with Gasteiger partial charge in [-0.3, -0.25) is 4.79 Å². The summed E-state index contributed by atoms with van der Waals surface area (Å²) in [5.74, 6) is -2.27. The van der Waals surface area contributed by atoms with Crippen LogP contribution in [0.1, 0.15) is 18.9 Å². The van der Waals surface area contributed by atoms with E-state index >= 15 is 0 Å². The molecule has 6 nitrogen and oxygen atoms in total. The molecule has 98 valence electrons. The molecule has 1 aromatic rings. The lowest BCUT2D eigenvalue weighted by atomic mass is 10.0. The molecule has 0 radical (unpaired) electrons. The topological polar surface area (TPSA) is 110 Å². The summed E-state index contributed by atoms with van der Waals surface area (Å²) < 4.78 is 5.25. The molecule has 0 amide bonds. The van der Waals surface area contributed by atoms with Crippen molar-refractivity contribution in [1.82, 2.24) is 0 Å². The van der Waals surface area contributed by atoms with Gasteiger partial charge in [-0.15, -0.1) is 0 Å². The largest absolute Gasteiger partial charge is 0.481 e. The zero-order valence-electron chi connectivity index (χ0n) is 9.92. The first-order valence-corrected chi connectivity index (χ1v) is 5.30. The molecule has 0 heterocycles. The van der Waals surface area contributed by atoms with Crippen molar-refractivity contribution in [1.29, 1.82) is 0 Å². The second kappa shape index (κ2) is 5.50. The molecule has 0 aliphatic heterocycles. The second-order valence-electron chi connectivity index (χ2n) is 4.06. The Morgan fingerprint density at radius 3 is 2.22 bits per heavy atom. The van der Waals surface area contributed by atoms with Gasteiger partial charge in [-0.2, -0.15) is 0 Å². The maximum atomic E-state index is 11.1. The van der Waals surface area contributed by atoms with Crippen molar-refractivity contribution in [3.8, 4) is 5.75 Å². The lowest BCUT2D eigenvalue weighted by Crippen LogP contribution is -2.43. The van der Waals surface area contributed by atoms with E-state index in [1.165, 1.54) is 6.92 Å². The summed E-state index contributed by atoms with van der Waals surface area (Å²) in [6.07, 6.45) is -0.624. The zero-order chi connectivity index (χ0) is 13.8. The Hall–Kier alpha value is -2.08. The van der Waals surface area contributed by atoms with Crippen molar-refractivity contribution in [2.24, 2.45) is 5.73 Å². The smallest absolute Gasteiger partial charge is 0.348 e. The number of benzene rings is 1. The van der Waals surface area contributed by atoms with Gasteiger partial charge in [0.25, 0.3) is 0 Å². The van der Waals surface area contributed by atoms with Gasteiger partial charge in [0.1, 0.15) is 5.75 Å². The molecule has 0 bridgehead atoms. The Labute approximate surface area is 104 Å². The van der Waals surface area contributed by atoms with Crippen LogP contribution in [0.15, 0.2) is 24.3 Å². The van der Waals surface area contributed by atoms with E-state index in [1.54, 1.807) is 24.3 Å². The third-order valence-corrected chi connectivity index (χ3v) is 2.44. The Bertz CT molecular complexity index is 442. The van der Waals surface area contributed by atoms with E-state index in [0.29, 0.717) is 12.3 Å². The number of nitrogens with two attached hydrogens (primary N) is 1. The third kappa shape index (κ3) is 3.46. The fourth-order valence-corrected chi connectivity index (χ4v) is 1.40. The summed E-state index contributed by atoms with van der Waals surface area (Å²) in [5, 5.41) is 17.7. The number of carbonyl (C=O) groups is 2. The highest BCUT2D eigenvalue weighted by molar-refractivity contribution is 5.83. The van der Waals surface area contributed by atoms with E-state index in [-0.39, 0.29) is 0 Å². The highest BCUT2D eigenvalue weighted by Gasteiger charge is 2.38. The van der Waals surface area contributed by atoms with E-state index in [2.05, 4.69) is 0 Å². The van der Waals surface area contributed by atoms with Crippen LogP contribution in [0.5, 0.6) is 5.75 Å². The maximum absolute atomic E-state index is 11.1. The van der Waals surface area contributed by atoms with Gasteiger partial charge in [0.05, 0.1) is 6.42 Å². The van der Waals surface area contributed by atoms with Crippen LogP contribution in [0.4, 0.5) is 0 Å². The first-order chi connectivity index (χ1) is 8.37. The number of rotatable bonds is 6. The van der Waals surface area contributed by atoms with Crippen LogP contribution >= 0.6 is 0 Å². The quantitative estimate of drug-likeness (QED) is 0.693. The molecule has 0 aromatic heterocycles. The molecule has 18 heavy (non-hydrogen) atoms. The van der Waals surface area contributed by atoms with Gasteiger partial charge in [-0.1, -0.05) is 12.1 Å². The molecule has 0 saturated carbocycles. The Kier molecular flexibility index (Phi) is 4.28. The lowest BCUT2D eigenvalue weighted by molar-refractivity contribution is -0.160. The Morgan fingerprint density at radius 2 is 1.83 bits per heavy atom. The SMILES string of the molecule is CC(CC(=O)O)(Oc1ccc(CN)cc1)C(=O)O. The van der Waals surface area contributed by atoms with Gasteiger partial charge < -0.3 is 20.7 Å². The molecule has 6 heteroatoms. The second-order valence-corrected chi connectivity index (χ2v) is 4.06. The predicted molar refractivity (Wildman–Crippen MR) is 63.3 cm³/mol. The molecule has 1 atom stereocenters. The highest BCUT2D eigenvalue weighted by Crippen LogP contribution is 2.22. The van der Waals surface area contributed by atoms with Crippen LogP contribution in [-0.4, -0.2) is 27.8 Å². The lowest BCUT2D eigenvalue weighted by Gasteiger charge is -2.24. The van der Waals surface area contributed by atoms with E-state index in [4.69, 9.17) is 20.7 Å². The van der Waals surface area contributed by atoms with Gasteiger partial charge in [0, 0.05) is 6.54 Å². The molecule has 0 saturated heterocycles. The fourth-order valence-electron chi connectivity index (χ4n) is 1.40. The van der Waals surface area contributed by atoms with Crippen LogP contribution in [-0.2, 0) is 16.1 Å². The highest BCUT2D eigenvalue weighted by atomic mass is 16.5. The van der Waals surface area contributed by atoms with Crippen LogP contribution in [0, 0.1) is 0 Å². The molecule has 0 spiro atoms. The first kappa shape index (κ1) is 14.0. The minimum absolute atomic E-state index is 0.290. The maximum Gasteiger partial charge on any atom is 0.348 e. The normalized spacial score (nSPS) is 13.7. The summed E-state index contributed by atoms with van der Waals surface area (Å²) in [4.78, 5) is 21.7. The van der Waals surface area contributed by atoms with Crippen molar-refractivity contribution in [2.75, 3.05) is 0 Å². The standard InChI is InChI=1S/C12H15NO5/c1-12(11(16)17,6-10(14)15)18-9-4-2-8(7-13)3-5-9/h2-5H,6-7,13H2,1H3,(H,14,15)(H,16,17). The monoisotopic (exact) mass is 253 g/mol. The van der Waals surface area contributed by atoms with Gasteiger partial charge in [0.2, 0.25) is 5.60 Å². The molecule has 4 N–H and O–H groups in total. The van der Waals surface area contributed by atoms with Crippen LogP contribution < -0.4 is 10.5 Å². The Balaban J connectivity index is 2.89. The van der Waals surface area contributed by atoms with Gasteiger partial charge in [-0.25, -0.2) is 4.79 Å². The number of carboxylic acids is 2. The van der Waals surface area contributed by atoms with Gasteiger partial charge in [0.15, 0.2) is 0 Å². The molecule has 0 aliphatic carbocycles. The minimum atomic E-state index is -1.80. The van der Waals surface area contributed by atoms with Crippen LogP contribution in [0.3, 0.4) is 0 Å². The van der Waals surface area contributed by atoms with Crippen molar-refractivity contribution in [3.63, 3.8) is 0 Å². The predicted octanol–water partition coefficient (Wildman–Crippen LogP) is 0.842. The summed E-state index contributed by atoms with van der Waals surface area (Å²) in [6, 6.07) is 6.51. The van der Waals surface area contributed by atoms with E-state index in [1.807, 2.05) is 0 Å². The minimum Gasteiger partial charge on any atom is -0.481 e. The zero-order valence-corrected chi connectivity index (χ0v) is 9.92. The molecular weight excluding hydrogens is 238 g/mol. The average molecular weight is 253 g/mol.